The van der Waals surface area contributed by atoms with E-state index in [0.29, 0.717) is 15.6 Å². The zero-order valence-electron chi connectivity index (χ0n) is 8.73. The maximum atomic E-state index is 5.82. The Hall–Kier alpha value is -0.780. The highest BCUT2D eigenvalue weighted by Crippen LogP contribution is 2.22. The van der Waals surface area contributed by atoms with Crippen LogP contribution in [-0.2, 0) is 5.75 Å². The van der Waals surface area contributed by atoms with Gasteiger partial charge < -0.3 is 5.73 Å². The lowest BCUT2D eigenvalue weighted by Crippen LogP contribution is -1.95. The minimum atomic E-state index is 0.463. The summed E-state index contributed by atoms with van der Waals surface area (Å²) < 4.78 is 0.698. The molecule has 3 nitrogen and oxygen atoms in total. The number of nitrogens with zero attached hydrogens (tertiary/aromatic N) is 2. The van der Waals surface area contributed by atoms with Gasteiger partial charge in [-0.1, -0.05) is 35.5 Å². The van der Waals surface area contributed by atoms with Crippen LogP contribution in [0.3, 0.4) is 0 Å². The second kappa shape index (κ2) is 5.71. The second-order valence-corrected chi connectivity index (χ2v) is 5.50. The van der Waals surface area contributed by atoms with Crippen LogP contribution >= 0.6 is 39.3 Å². The van der Waals surface area contributed by atoms with Crippen molar-refractivity contribution in [3.63, 3.8) is 0 Å². The summed E-state index contributed by atoms with van der Waals surface area (Å²) in [4.78, 5) is 8.37. The summed E-state index contributed by atoms with van der Waals surface area (Å²) in [5, 5.41) is 1.40. The van der Waals surface area contributed by atoms with Crippen molar-refractivity contribution in [1.82, 2.24) is 9.97 Å². The normalized spacial score (nSPS) is 10.5. The van der Waals surface area contributed by atoms with Gasteiger partial charge in [0.15, 0.2) is 5.16 Å². The molecule has 0 saturated heterocycles. The molecule has 2 N–H and O–H groups in total. The van der Waals surface area contributed by atoms with Crippen molar-refractivity contribution in [1.29, 1.82) is 0 Å². The predicted molar refractivity (Wildman–Crippen MR) is 75.2 cm³/mol. The van der Waals surface area contributed by atoms with Crippen molar-refractivity contribution < 1.29 is 0 Å². The van der Waals surface area contributed by atoms with Gasteiger partial charge in [-0.3, -0.25) is 0 Å². The van der Waals surface area contributed by atoms with Crippen molar-refractivity contribution in [3.05, 3.63) is 45.5 Å². The van der Waals surface area contributed by atoms with Gasteiger partial charge in [-0.05, 0) is 33.6 Å². The molecule has 1 aromatic heterocycles. The van der Waals surface area contributed by atoms with Gasteiger partial charge in [0, 0.05) is 16.8 Å². The molecule has 0 fully saturated rings. The third kappa shape index (κ3) is 3.87. The van der Waals surface area contributed by atoms with E-state index in [1.807, 2.05) is 24.3 Å². The van der Waals surface area contributed by atoms with Crippen LogP contribution in [0.2, 0.25) is 5.02 Å². The zero-order chi connectivity index (χ0) is 12.3. The Balaban J connectivity index is 2.04. The fourth-order valence-electron chi connectivity index (χ4n) is 1.21. The number of anilines is 1. The lowest BCUT2D eigenvalue weighted by Gasteiger charge is -2.02. The maximum absolute atomic E-state index is 5.82. The number of aromatic nitrogens is 2. The van der Waals surface area contributed by atoms with Crippen molar-refractivity contribution in [2.45, 2.75) is 10.9 Å². The Morgan fingerprint density at radius 3 is 2.59 bits per heavy atom. The van der Waals surface area contributed by atoms with Crippen molar-refractivity contribution in [2.75, 3.05) is 5.73 Å². The Kier molecular flexibility index (Phi) is 4.25. The van der Waals surface area contributed by atoms with E-state index in [2.05, 4.69) is 25.9 Å². The zero-order valence-corrected chi connectivity index (χ0v) is 11.9. The third-order valence-corrected chi connectivity index (χ3v) is 3.55. The molecule has 1 heterocycles. The van der Waals surface area contributed by atoms with Crippen LogP contribution < -0.4 is 5.73 Å². The highest BCUT2D eigenvalue weighted by molar-refractivity contribution is 9.10. The van der Waals surface area contributed by atoms with Crippen molar-refractivity contribution >= 4 is 45.1 Å². The van der Waals surface area contributed by atoms with Crippen LogP contribution in [0.25, 0.3) is 0 Å². The van der Waals surface area contributed by atoms with E-state index in [1.54, 1.807) is 6.07 Å². The summed E-state index contributed by atoms with van der Waals surface area (Å²) in [7, 11) is 0. The molecule has 0 atom stereocenters. The van der Waals surface area contributed by atoms with E-state index in [0.717, 1.165) is 10.8 Å². The minimum Gasteiger partial charge on any atom is -0.384 e. The summed E-state index contributed by atoms with van der Waals surface area (Å²) in [5.41, 5.74) is 6.80. The number of nitrogens with two attached hydrogens (primary N) is 1. The number of rotatable bonds is 3. The molecule has 2 aromatic rings. The fraction of sp³-hybridized carbons (Fsp3) is 0.0909. The summed E-state index contributed by atoms with van der Waals surface area (Å²) in [5.74, 6) is 1.25. The van der Waals surface area contributed by atoms with Crippen LogP contribution in [-0.4, -0.2) is 9.97 Å². The van der Waals surface area contributed by atoms with Crippen molar-refractivity contribution in [2.24, 2.45) is 0 Å². The Morgan fingerprint density at radius 1 is 1.24 bits per heavy atom. The highest BCUT2D eigenvalue weighted by atomic mass is 79.9. The fourth-order valence-corrected chi connectivity index (χ4v) is 2.67. The van der Waals surface area contributed by atoms with E-state index < -0.39 is 0 Å². The van der Waals surface area contributed by atoms with Gasteiger partial charge in [0.25, 0.3) is 0 Å². The first kappa shape index (κ1) is 12.7. The van der Waals surface area contributed by atoms with E-state index in [1.165, 1.54) is 17.3 Å². The molecule has 17 heavy (non-hydrogen) atoms. The standard InChI is InChI=1S/C11H9BrClN3S/c12-9-5-10(14)16-11(15-9)17-6-7-1-3-8(13)4-2-7/h1-5H,6H2,(H2,14,15,16). The molecule has 0 radical (unpaired) electrons. The molecule has 0 amide bonds. The van der Waals surface area contributed by atoms with Crippen LogP contribution in [0, 0.1) is 0 Å². The number of hydrogen-bond acceptors (Lipinski definition) is 4. The van der Waals surface area contributed by atoms with Gasteiger partial charge in [-0.15, -0.1) is 0 Å². The summed E-state index contributed by atoms with van der Waals surface area (Å²) in [6.07, 6.45) is 0. The SMILES string of the molecule is Nc1cc(Br)nc(SCc2ccc(Cl)cc2)n1. The molecule has 88 valence electrons. The number of benzene rings is 1. The number of hydrogen-bond donors (Lipinski definition) is 1. The molecule has 6 heteroatoms. The van der Waals surface area contributed by atoms with Gasteiger partial charge in [-0.25, -0.2) is 9.97 Å². The second-order valence-electron chi connectivity index (χ2n) is 3.31. The van der Waals surface area contributed by atoms with Crippen LogP contribution in [0.4, 0.5) is 5.82 Å². The van der Waals surface area contributed by atoms with Gasteiger partial charge >= 0.3 is 0 Å². The molecule has 0 aliphatic carbocycles. The van der Waals surface area contributed by atoms with E-state index in [9.17, 15) is 0 Å². The lowest BCUT2D eigenvalue weighted by atomic mass is 10.2. The summed E-state index contributed by atoms with van der Waals surface area (Å²) in [6, 6.07) is 9.38. The largest absolute Gasteiger partial charge is 0.384 e. The quantitative estimate of drug-likeness (QED) is 0.529. The average molecular weight is 331 g/mol. The number of nitrogen functional groups attached to an aromatic ring is 1. The summed E-state index contributed by atoms with van der Waals surface area (Å²) >= 11 is 10.6. The Morgan fingerprint density at radius 2 is 1.94 bits per heavy atom. The molecule has 2 rings (SSSR count). The maximum Gasteiger partial charge on any atom is 0.190 e. The Bertz CT molecular complexity index is 498. The minimum absolute atomic E-state index is 0.463. The Labute approximate surface area is 117 Å². The molecule has 0 aliphatic rings. The van der Waals surface area contributed by atoms with Crippen LogP contribution in [0.1, 0.15) is 5.56 Å². The number of halogens is 2. The van der Waals surface area contributed by atoms with E-state index in [4.69, 9.17) is 17.3 Å². The topological polar surface area (TPSA) is 51.8 Å². The molecule has 0 bridgehead atoms. The smallest absolute Gasteiger partial charge is 0.190 e. The first-order valence-corrected chi connectivity index (χ1v) is 6.96. The first-order valence-electron chi connectivity index (χ1n) is 4.81. The lowest BCUT2D eigenvalue weighted by molar-refractivity contribution is 0.956. The molecule has 0 unspecified atom stereocenters. The van der Waals surface area contributed by atoms with Crippen LogP contribution in [0.5, 0.6) is 0 Å². The van der Waals surface area contributed by atoms with Gasteiger partial charge in [0.05, 0.1) is 0 Å². The van der Waals surface area contributed by atoms with Gasteiger partial charge in [0.1, 0.15) is 10.4 Å². The average Bonchev–Trinajstić information content (AvgIpc) is 2.27. The summed E-state index contributed by atoms with van der Waals surface area (Å²) in [6.45, 7) is 0. The molecular weight excluding hydrogens is 322 g/mol. The molecule has 0 saturated carbocycles. The first-order chi connectivity index (χ1) is 8.13. The highest BCUT2D eigenvalue weighted by Gasteiger charge is 2.02. The van der Waals surface area contributed by atoms with Crippen molar-refractivity contribution in [3.8, 4) is 0 Å². The molecule has 1 aromatic carbocycles. The van der Waals surface area contributed by atoms with E-state index in [-0.39, 0.29) is 0 Å². The van der Waals surface area contributed by atoms with Gasteiger partial charge in [0.2, 0.25) is 0 Å². The molecule has 0 spiro atoms. The van der Waals surface area contributed by atoms with Crippen LogP contribution in [0.15, 0.2) is 40.1 Å². The van der Waals surface area contributed by atoms with E-state index >= 15 is 0 Å². The number of thioether (sulfide) groups is 1. The predicted octanol–water partition coefficient (Wildman–Crippen LogP) is 3.77. The van der Waals surface area contributed by atoms with Gasteiger partial charge in [-0.2, -0.15) is 0 Å². The monoisotopic (exact) mass is 329 g/mol. The third-order valence-electron chi connectivity index (χ3n) is 1.98. The molecule has 0 aliphatic heterocycles. The molecular formula is C11H9BrClN3S.